The number of benzene rings is 1. The van der Waals surface area contributed by atoms with E-state index in [-0.39, 0.29) is 5.91 Å². The summed E-state index contributed by atoms with van der Waals surface area (Å²) in [7, 11) is 0. The number of nitrogens with one attached hydrogen (secondary N) is 2. The highest BCUT2D eigenvalue weighted by molar-refractivity contribution is 6.07. The van der Waals surface area contributed by atoms with Gasteiger partial charge in [-0.2, -0.15) is 0 Å². The lowest BCUT2D eigenvalue weighted by Gasteiger charge is -2.12. The van der Waals surface area contributed by atoms with Crippen LogP contribution < -0.4 is 10.6 Å². The molecular formula is C17H21N3O. The van der Waals surface area contributed by atoms with Crippen molar-refractivity contribution in [3.8, 4) is 0 Å². The highest BCUT2D eigenvalue weighted by atomic mass is 16.1. The van der Waals surface area contributed by atoms with Crippen LogP contribution in [-0.2, 0) is 0 Å². The summed E-state index contributed by atoms with van der Waals surface area (Å²) in [5, 5.41) is 6.15. The van der Waals surface area contributed by atoms with Crippen molar-refractivity contribution in [3.05, 3.63) is 53.2 Å². The number of hydrogen-bond donors (Lipinski definition) is 2. The van der Waals surface area contributed by atoms with Crippen LogP contribution in [0.3, 0.4) is 0 Å². The Morgan fingerprint density at radius 3 is 2.71 bits per heavy atom. The van der Waals surface area contributed by atoms with Crippen LogP contribution in [-0.4, -0.2) is 17.4 Å². The lowest BCUT2D eigenvalue weighted by atomic mass is 10.1. The minimum Gasteiger partial charge on any atom is -0.384 e. The number of hydrogen-bond acceptors (Lipinski definition) is 3. The van der Waals surface area contributed by atoms with Gasteiger partial charge in [0.15, 0.2) is 0 Å². The molecule has 2 N–H and O–H groups in total. The van der Waals surface area contributed by atoms with Crippen molar-refractivity contribution in [2.24, 2.45) is 0 Å². The summed E-state index contributed by atoms with van der Waals surface area (Å²) >= 11 is 0. The second kappa shape index (κ2) is 6.88. The number of pyridine rings is 1. The maximum atomic E-state index is 12.4. The average molecular weight is 283 g/mol. The minimum absolute atomic E-state index is 0.147. The number of aromatic nitrogens is 1. The van der Waals surface area contributed by atoms with Crippen LogP contribution >= 0.6 is 0 Å². The molecule has 1 aromatic heterocycles. The van der Waals surface area contributed by atoms with Gasteiger partial charge in [0.2, 0.25) is 0 Å². The Balaban J connectivity index is 2.22. The van der Waals surface area contributed by atoms with Gasteiger partial charge in [-0.05, 0) is 50.1 Å². The minimum atomic E-state index is -0.147. The smallest absolute Gasteiger partial charge is 0.258 e. The lowest BCUT2D eigenvalue weighted by Crippen LogP contribution is -2.16. The zero-order valence-corrected chi connectivity index (χ0v) is 12.7. The van der Waals surface area contributed by atoms with Gasteiger partial charge < -0.3 is 10.6 Å². The Labute approximate surface area is 125 Å². The molecule has 1 aromatic carbocycles. The van der Waals surface area contributed by atoms with Crippen molar-refractivity contribution >= 4 is 17.4 Å². The van der Waals surface area contributed by atoms with Crippen molar-refractivity contribution in [3.63, 3.8) is 0 Å². The number of aryl methyl sites for hydroxylation is 2. The van der Waals surface area contributed by atoms with E-state index in [4.69, 9.17) is 0 Å². The zero-order valence-electron chi connectivity index (χ0n) is 12.7. The van der Waals surface area contributed by atoms with E-state index in [0.717, 1.165) is 29.9 Å². The van der Waals surface area contributed by atoms with E-state index < -0.39 is 0 Å². The molecule has 0 spiro atoms. The van der Waals surface area contributed by atoms with Crippen molar-refractivity contribution in [2.45, 2.75) is 27.2 Å². The maximum Gasteiger partial charge on any atom is 0.258 e. The maximum absolute atomic E-state index is 12.4. The molecule has 0 fully saturated rings. The van der Waals surface area contributed by atoms with E-state index in [9.17, 15) is 4.79 Å². The molecule has 0 saturated carbocycles. The zero-order chi connectivity index (χ0) is 15.2. The molecule has 21 heavy (non-hydrogen) atoms. The number of rotatable bonds is 5. The quantitative estimate of drug-likeness (QED) is 0.878. The molecule has 0 aliphatic rings. The lowest BCUT2D eigenvalue weighted by molar-refractivity contribution is 0.102. The first kappa shape index (κ1) is 15.0. The normalized spacial score (nSPS) is 10.2. The first-order chi connectivity index (χ1) is 10.1. The molecule has 2 aromatic rings. The Morgan fingerprint density at radius 2 is 2.00 bits per heavy atom. The summed E-state index contributed by atoms with van der Waals surface area (Å²) in [5.41, 5.74) is 3.50. The fourth-order valence-electron chi connectivity index (χ4n) is 2.06. The predicted molar refractivity (Wildman–Crippen MR) is 86.9 cm³/mol. The number of carbonyl (C=O) groups excluding carboxylic acids is 1. The summed E-state index contributed by atoms with van der Waals surface area (Å²) in [6.45, 7) is 6.85. The van der Waals surface area contributed by atoms with Crippen LogP contribution in [0.4, 0.5) is 11.5 Å². The molecule has 0 aliphatic heterocycles. The Morgan fingerprint density at radius 1 is 1.19 bits per heavy atom. The van der Waals surface area contributed by atoms with Crippen LogP contribution in [0, 0.1) is 13.8 Å². The second-order valence-corrected chi connectivity index (χ2v) is 5.09. The van der Waals surface area contributed by atoms with E-state index in [1.807, 2.05) is 44.2 Å². The fourth-order valence-corrected chi connectivity index (χ4v) is 2.06. The molecule has 110 valence electrons. The summed E-state index contributed by atoms with van der Waals surface area (Å²) in [6, 6.07) is 11.3. The number of anilines is 2. The van der Waals surface area contributed by atoms with Gasteiger partial charge in [-0.3, -0.25) is 4.79 Å². The van der Waals surface area contributed by atoms with Crippen molar-refractivity contribution in [2.75, 3.05) is 17.2 Å². The third-order valence-corrected chi connectivity index (χ3v) is 3.12. The molecule has 1 heterocycles. The van der Waals surface area contributed by atoms with E-state index in [1.165, 1.54) is 0 Å². The third kappa shape index (κ3) is 4.05. The number of carbonyl (C=O) groups is 1. The second-order valence-electron chi connectivity index (χ2n) is 5.09. The van der Waals surface area contributed by atoms with E-state index in [2.05, 4.69) is 22.5 Å². The standard InChI is InChI=1S/C17H21N3O/c1-4-10-18-15-11-12(2)8-9-14(15)17(21)20-16-7-5-6-13(3)19-16/h5-9,11,18H,4,10H2,1-3H3,(H,19,20,21). The van der Waals surface area contributed by atoms with Crippen molar-refractivity contribution in [1.29, 1.82) is 0 Å². The first-order valence-electron chi connectivity index (χ1n) is 7.19. The Hall–Kier alpha value is -2.36. The van der Waals surface area contributed by atoms with Crippen LogP contribution in [0.5, 0.6) is 0 Å². The molecule has 2 rings (SSSR count). The number of nitrogens with zero attached hydrogens (tertiary/aromatic N) is 1. The van der Waals surface area contributed by atoms with Gasteiger partial charge in [0.1, 0.15) is 5.82 Å². The van der Waals surface area contributed by atoms with Gasteiger partial charge in [-0.1, -0.05) is 19.1 Å². The fraction of sp³-hybridized carbons (Fsp3) is 0.294. The van der Waals surface area contributed by atoms with E-state index in [0.29, 0.717) is 11.4 Å². The molecule has 0 bridgehead atoms. The molecule has 0 radical (unpaired) electrons. The third-order valence-electron chi connectivity index (χ3n) is 3.12. The monoisotopic (exact) mass is 283 g/mol. The Kier molecular flexibility index (Phi) is 4.93. The molecule has 4 nitrogen and oxygen atoms in total. The van der Waals surface area contributed by atoms with Gasteiger partial charge in [-0.15, -0.1) is 0 Å². The van der Waals surface area contributed by atoms with Gasteiger partial charge in [0.05, 0.1) is 5.56 Å². The van der Waals surface area contributed by atoms with E-state index >= 15 is 0 Å². The van der Waals surface area contributed by atoms with Crippen LogP contribution in [0.2, 0.25) is 0 Å². The highest BCUT2D eigenvalue weighted by Gasteiger charge is 2.12. The summed E-state index contributed by atoms with van der Waals surface area (Å²) in [4.78, 5) is 16.7. The molecule has 4 heteroatoms. The van der Waals surface area contributed by atoms with Crippen LogP contribution in [0.1, 0.15) is 35.0 Å². The van der Waals surface area contributed by atoms with Gasteiger partial charge >= 0.3 is 0 Å². The average Bonchev–Trinajstić information content (AvgIpc) is 2.45. The molecule has 0 unspecified atom stereocenters. The first-order valence-corrected chi connectivity index (χ1v) is 7.19. The largest absolute Gasteiger partial charge is 0.384 e. The molecular weight excluding hydrogens is 262 g/mol. The van der Waals surface area contributed by atoms with Gasteiger partial charge in [-0.25, -0.2) is 4.98 Å². The molecule has 1 amide bonds. The Bertz CT molecular complexity index is 638. The van der Waals surface area contributed by atoms with Gasteiger partial charge in [0, 0.05) is 17.9 Å². The topological polar surface area (TPSA) is 54.0 Å². The predicted octanol–water partition coefficient (Wildman–Crippen LogP) is 3.77. The van der Waals surface area contributed by atoms with Crippen molar-refractivity contribution < 1.29 is 4.79 Å². The van der Waals surface area contributed by atoms with Crippen molar-refractivity contribution in [1.82, 2.24) is 4.98 Å². The summed E-state index contributed by atoms with van der Waals surface area (Å²) in [6.07, 6.45) is 1.01. The van der Waals surface area contributed by atoms with Gasteiger partial charge in [0.25, 0.3) is 5.91 Å². The molecule has 0 atom stereocenters. The summed E-state index contributed by atoms with van der Waals surface area (Å²) in [5.74, 6) is 0.425. The van der Waals surface area contributed by atoms with Crippen LogP contribution in [0.15, 0.2) is 36.4 Å². The molecule has 0 aliphatic carbocycles. The van der Waals surface area contributed by atoms with E-state index in [1.54, 1.807) is 6.07 Å². The highest BCUT2D eigenvalue weighted by Crippen LogP contribution is 2.19. The molecule has 0 saturated heterocycles. The number of amides is 1. The summed E-state index contributed by atoms with van der Waals surface area (Å²) < 4.78 is 0. The van der Waals surface area contributed by atoms with Crippen LogP contribution in [0.25, 0.3) is 0 Å². The SMILES string of the molecule is CCCNc1cc(C)ccc1C(=O)Nc1cccc(C)n1.